The van der Waals surface area contributed by atoms with Gasteiger partial charge in [0.15, 0.2) is 0 Å². The fourth-order valence-corrected chi connectivity index (χ4v) is 2.83. The van der Waals surface area contributed by atoms with Crippen LogP contribution in [0.4, 0.5) is 4.39 Å². The van der Waals surface area contributed by atoms with Crippen molar-refractivity contribution in [3.8, 4) is 0 Å². The van der Waals surface area contributed by atoms with Gasteiger partial charge in [0.1, 0.15) is 11.7 Å². The summed E-state index contributed by atoms with van der Waals surface area (Å²) in [7, 11) is 0. The molecule has 0 amide bonds. The Morgan fingerprint density at radius 1 is 1.32 bits per heavy atom. The van der Waals surface area contributed by atoms with Crippen molar-refractivity contribution < 1.29 is 14.3 Å². The van der Waals surface area contributed by atoms with E-state index >= 15 is 0 Å². The minimum Gasteiger partial charge on any atom is -0.481 e. The van der Waals surface area contributed by atoms with Gasteiger partial charge in [0, 0.05) is 5.56 Å². The molecule has 0 saturated heterocycles. The number of carboxylic acid groups (broad SMARTS) is 1. The number of hydrogen-bond acceptors (Lipinski definition) is 3. The van der Waals surface area contributed by atoms with E-state index in [-0.39, 0.29) is 23.8 Å². The van der Waals surface area contributed by atoms with Gasteiger partial charge in [-0.2, -0.15) is 0 Å². The molecule has 3 rings (SSSR count). The summed E-state index contributed by atoms with van der Waals surface area (Å²) in [6.45, 7) is 0. The van der Waals surface area contributed by atoms with Crippen LogP contribution >= 0.6 is 0 Å². The highest BCUT2D eigenvalue weighted by molar-refractivity contribution is 6.00. The lowest BCUT2D eigenvalue weighted by Crippen LogP contribution is -2.41. The maximum Gasteiger partial charge on any atom is 0.306 e. The molecular formula is C14H15FN2O2. The molecule has 1 aromatic carbocycles. The second-order valence-electron chi connectivity index (χ2n) is 5.15. The van der Waals surface area contributed by atoms with Gasteiger partial charge < -0.3 is 10.4 Å². The molecule has 1 saturated carbocycles. The van der Waals surface area contributed by atoms with Gasteiger partial charge in [0.05, 0.1) is 18.0 Å². The van der Waals surface area contributed by atoms with Gasteiger partial charge >= 0.3 is 5.97 Å². The van der Waals surface area contributed by atoms with Crippen molar-refractivity contribution in [1.82, 2.24) is 5.32 Å². The third-order valence-corrected chi connectivity index (χ3v) is 3.90. The summed E-state index contributed by atoms with van der Waals surface area (Å²) in [5.74, 6) is -0.529. The van der Waals surface area contributed by atoms with Crippen LogP contribution in [0.15, 0.2) is 29.3 Å². The van der Waals surface area contributed by atoms with Crippen LogP contribution in [0.3, 0.4) is 0 Å². The number of amidine groups is 1. The molecule has 1 heterocycles. The largest absolute Gasteiger partial charge is 0.481 e. The normalized spacial score (nSPS) is 29.3. The fourth-order valence-electron chi connectivity index (χ4n) is 2.83. The second kappa shape index (κ2) is 4.64. The van der Waals surface area contributed by atoms with Crippen molar-refractivity contribution in [2.45, 2.75) is 31.3 Å². The molecule has 0 spiro atoms. The Kier molecular flexibility index (Phi) is 2.97. The van der Waals surface area contributed by atoms with E-state index in [4.69, 9.17) is 5.11 Å². The number of nitrogens with one attached hydrogen (secondary N) is 1. The Bertz CT molecular complexity index is 527. The minimum atomic E-state index is -0.726. The number of benzene rings is 1. The van der Waals surface area contributed by atoms with Crippen LogP contribution in [0, 0.1) is 11.7 Å². The van der Waals surface area contributed by atoms with Crippen LogP contribution in [0.2, 0.25) is 0 Å². The number of aliphatic imine (C=N–C) groups is 1. The van der Waals surface area contributed by atoms with Crippen molar-refractivity contribution >= 4 is 11.8 Å². The van der Waals surface area contributed by atoms with Crippen LogP contribution in [-0.2, 0) is 4.79 Å². The summed E-state index contributed by atoms with van der Waals surface area (Å²) in [6, 6.07) is 6.43. The highest BCUT2D eigenvalue weighted by Gasteiger charge is 2.37. The number of hydrogen-bond donors (Lipinski definition) is 2. The van der Waals surface area contributed by atoms with E-state index in [2.05, 4.69) is 10.3 Å². The molecule has 2 N–H and O–H groups in total. The van der Waals surface area contributed by atoms with Gasteiger partial charge in [0.2, 0.25) is 0 Å². The average molecular weight is 262 g/mol. The van der Waals surface area contributed by atoms with Crippen LogP contribution in [-0.4, -0.2) is 29.0 Å². The van der Waals surface area contributed by atoms with Crippen molar-refractivity contribution in [2.75, 3.05) is 0 Å². The summed E-state index contributed by atoms with van der Waals surface area (Å²) in [5, 5.41) is 12.3. The molecule has 0 bridgehead atoms. The monoisotopic (exact) mass is 262 g/mol. The summed E-state index contributed by atoms with van der Waals surface area (Å²) < 4.78 is 12.9. The van der Waals surface area contributed by atoms with Gasteiger partial charge in [-0.3, -0.25) is 9.79 Å². The summed E-state index contributed by atoms with van der Waals surface area (Å²) >= 11 is 0. The molecule has 4 nitrogen and oxygen atoms in total. The Balaban J connectivity index is 1.75. The average Bonchev–Trinajstić information content (AvgIpc) is 2.82. The molecule has 1 fully saturated rings. The smallest absolute Gasteiger partial charge is 0.306 e. The zero-order valence-corrected chi connectivity index (χ0v) is 10.3. The molecule has 19 heavy (non-hydrogen) atoms. The van der Waals surface area contributed by atoms with Crippen molar-refractivity contribution in [3.63, 3.8) is 0 Å². The Morgan fingerprint density at radius 2 is 2.05 bits per heavy atom. The van der Waals surface area contributed by atoms with E-state index in [9.17, 15) is 9.18 Å². The molecule has 3 atom stereocenters. The lowest BCUT2D eigenvalue weighted by atomic mass is 9.83. The molecule has 0 radical (unpaired) electrons. The zero-order chi connectivity index (χ0) is 13.4. The van der Waals surface area contributed by atoms with E-state index in [1.807, 2.05) is 0 Å². The minimum absolute atomic E-state index is 0.0925. The van der Waals surface area contributed by atoms with Crippen molar-refractivity contribution in [2.24, 2.45) is 10.9 Å². The first-order valence-corrected chi connectivity index (χ1v) is 6.46. The Hall–Kier alpha value is -1.91. The van der Waals surface area contributed by atoms with E-state index in [0.717, 1.165) is 17.8 Å². The molecule has 2 aliphatic rings. The number of rotatable bonds is 2. The quantitative estimate of drug-likeness (QED) is 0.854. The summed E-state index contributed by atoms with van der Waals surface area (Å²) in [5.41, 5.74) is 0.850. The summed E-state index contributed by atoms with van der Waals surface area (Å²) in [6.07, 6.45) is 2.08. The number of carboxylic acids is 1. The highest BCUT2D eigenvalue weighted by Crippen LogP contribution is 2.30. The number of nitrogens with zero attached hydrogens (tertiary/aromatic N) is 1. The van der Waals surface area contributed by atoms with Crippen LogP contribution < -0.4 is 5.32 Å². The van der Waals surface area contributed by atoms with Crippen molar-refractivity contribution in [3.05, 3.63) is 35.6 Å². The third kappa shape index (κ3) is 2.32. The molecule has 0 aromatic heterocycles. The highest BCUT2D eigenvalue weighted by atomic mass is 19.1. The van der Waals surface area contributed by atoms with Crippen LogP contribution in [0.1, 0.15) is 24.8 Å². The van der Waals surface area contributed by atoms with Crippen LogP contribution in [0.5, 0.6) is 0 Å². The molecule has 1 aliphatic heterocycles. The molecular weight excluding hydrogens is 247 g/mol. The second-order valence-corrected chi connectivity index (χ2v) is 5.15. The maximum atomic E-state index is 12.9. The van der Waals surface area contributed by atoms with Crippen molar-refractivity contribution in [1.29, 1.82) is 0 Å². The zero-order valence-electron chi connectivity index (χ0n) is 10.3. The van der Waals surface area contributed by atoms with E-state index < -0.39 is 5.97 Å². The molecule has 1 aromatic rings. The molecule has 100 valence electrons. The predicted molar refractivity (Wildman–Crippen MR) is 68.6 cm³/mol. The van der Waals surface area contributed by atoms with E-state index in [0.29, 0.717) is 12.8 Å². The number of halogens is 1. The maximum absolute atomic E-state index is 12.9. The lowest BCUT2D eigenvalue weighted by molar-refractivity contribution is -0.143. The van der Waals surface area contributed by atoms with Crippen LogP contribution in [0.25, 0.3) is 0 Å². The number of fused-ring (bicyclic) bond motifs is 1. The summed E-state index contributed by atoms with van der Waals surface area (Å²) in [4.78, 5) is 15.6. The topological polar surface area (TPSA) is 61.7 Å². The standard InChI is InChI=1S/C14H15FN2O2/c15-10-4-1-8(2-5-10)13-16-11-6-3-9(14(18)19)7-12(11)17-13/h1-2,4-5,9,11-12H,3,6-7H2,(H,16,17)(H,18,19). The fraction of sp³-hybridized carbons (Fsp3) is 0.429. The first-order valence-electron chi connectivity index (χ1n) is 6.46. The molecule has 1 aliphatic carbocycles. The van der Waals surface area contributed by atoms with E-state index in [1.54, 1.807) is 12.1 Å². The number of carbonyl (C=O) groups is 1. The predicted octanol–water partition coefficient (Wildman–Crippen LogP) is 1.80. The molecule has 5 heteroatoms. The third-order valence-electron chi connectivity index (χ3n) is 3.90. The van der Waals surface area contributed by atoms with Gasteiger partial charge in [-0.15, -0.1) is 0 Å². The Morgan fingerprint density at radius 3 is 2.74 bits per heavy atom. The first kappa shape index (κ1) is 12.1. The lowest BCUT2D eigenvalue weighted by Gasteiger charge is -2.28. The van der Waals surface area contributed by atoms with Gasteiger partial charge in [-0.05, 0) is 43.5 Å². The van der Waals surface area contributed by atoms with Gasteiger partial charge in [-0.1, -0.05) is 0 Å². The van der Waals surface area contributed by atoms with Gasteiger partial charge in [-0.25, -0.2) is 4.39 Å². The molecule has 3 unspecified atom stereocenters. The SMILES string of the molecule is O=C(O)C1CCC2N=C(c3ccc(F)cc3)NC2C1. The van der Waals surface area contributed by atoms with Gasteiger partial charge in [0.25, 0.3) is 0 Å². The first-order chi connectivity index (χ1) is 9.13. The Labute approximate surface area is 110 Å². The number of aliphatic carboxylic acids is 1. The van der Waals surface area contributed by atoms with E-state index in [1.165, 1.54) is 12.1 Å².